The molecule has 0 aromatic heterocycles. The van der Waals surface area contributed by atoms with Gasteiger partial charge in [-0.3, -0.25) is 4.90 Å². The van der Waals surface area contributed by atoms with E-state index in [2.05, 4.69) is 49.1 Å². The highest BCUT2D eigenvalue weighted by molar-refractivity contribution is 5.15. The van der Waals surface area contributed by atoms with Crippen molar-refractivity contribution in [3.05, 3.63) is 35.9 Å². The van der Waals surface area contributed by atoms with Crippen LogP contribution >= 0.6 is 0 Å². The molecule has 1 saturated heterocycles. The molecule has 24 heavy (non-hydrogen) atoms. The summed E-state index contributed by atoms with van der Waals surface area (Å²) in [6, 6.07) is 12.4. The lowest BCUT2D eigenvalue weighted by atomic mass is 9.83. The fourth-order valence-electron chi connectivity index (χ4n) is 4.69. The smallest absolute Gasteiger partial charge is 0.0597 e. The molecule has 1 aliphatic heterocycles. The van der Waals surface area contributed by atoms with Gasteiger partial charge in [0, 0.05) is 18.6 Å². The number of benzene rings is 1. The zero-order valence-corrected chi connectivity index (χ0v) is 15.6. The molecule has 1 heterocycles. The minimum Gasteiger partial charge on any atom is -0.377 e. The van der Waals surface area contributed by atoms with Gasteiger partial charge in [0.2, 0.25) is 0 Å². The summed E-state index contributed by atoms with van der Waals surface area (Å²) in [6.07, 6.45) is 11.0. The van der Waals surface area contributed by atoms with E-state index >= 15 is 0 Å². The first kappa shape index (κ1) is 17.9. The number of rotatable bonds is 6. The Bertz CT molecular complexity index is 456. The lowest BCUT2D eigenvalue weighted by Crippen LogP contribution is -2.45. The van der Waals surface area contributed by atoms with Gasteiger partial charge in [0.25, 0.3) is 0 Å². The van der Waals surface area contributed by atoms with Crippen LogP contribution < -0.4 is 0 Å². The van der Waals surface area contributed by atoms with E-state index in [9.17, 15) is 0 Å². The van der Waals surface area contributed by atoms with Crippen LogP contribution in [-0.4, -0.2) is 36.2 Å². The summed E-state index contributed by atoms with van der Waals surface area (Å²) in [5.41, 5.74) is 1.50. The van der Waals surface area contributed by atoms with E-state index in [4.69, 9.17) is 4.74 Å². The molecule has 0 spiro atoms. The van der Waals surface area contributed by atoms with Gasteiger partial charge in [-0.1, -0.05) is 36.8 Å². The van der Waals surface area contributed by atoms with Crippen molar-refractivity contribution in [1.29, 1.82) is 0 Å². The second-order valence-corrected chi connectivity index (χ2v) is 8.07. The zero-order valence-electron chi connectivity index (χ0n) is 15.6. The zero-order chi connectivity index (χ0) is 16.8. The normalized spacial score (nSPS) is 31.9. The van der Waals surface area contributed by atoms with Crippen molar-refractivity contribution >= 4 is 0 Å². The molecule has 2 atom stereocenters. The summed E-state index contributed by atoms with van der Waals surface area (Å²) in [5, 5.41) is 0. The van der Waals surface area contributed by atoms with Crippen LogP contribution in [0.3, 0.4) is 0 Å². The highest BCUT2D eigenvalue weighted by atomic mass is 16.5. The topological polar surface area (TPSA) is 12.5 Å². The molecule has 0 amide bonds. The van der Waals surface area contributed by atoms with Crippen molar-refractivity contribution in [2.24, 2.45) is 5.92 Å². The molecular weight excluding hydrogens is 294 g/mol. The van der Waals surface area contributed by atoms with Crippen molar-refractivity contribution in [1.82, 2.24) is 4.90 Å². The van der Waals surface area contributed by atoms with Crippen LogP contribution in [0.1, 0.15) is 64.4 Å². The summed E-state index contributed by atoms with van der Waals surface area (Å²) in [4.78, 5) is 2.66. The number of hydrogen-bond donors (Lipinski definition) is 0. The van der Waals surface area contributed by atoms with E-state index in [0.717, 1.165) is 31.2 Å². The average Bonchev–Trinajstić information content (AvgIpc) is 2.60. The molecule has 2 nitrogen and oxygen atoms in total. The first-order valence-corrected chi connectivity index (χ1v) is 10.1. The fraction of sp³-hybridized carbons (Fsp3) is 0.727. The van der Waals surface area contributed by atoms with E-state index in [1.807, 2.05) is 0 Å². The highest BCUT2D eigenvalue weighted by Gasteiger charge is 2.25. The molecule has 2 fully saturated rings. The minimum atomic E-state index is 0.507. The van der Waals surface area contributed by atoms with Gasteiger partial charge < -0.3 is 4.74 Å². The number of piperidine rings is 1. The predicted octanol–water partition coefficient (Wildman–Crippen LogP) is 5.07. The predicted molar refractivity (Wildman–Crippen MR) is 101 cm³/mol. The van der Waals surface area contributed by atoms with Crippen LogP contribution in [0.2, 0.25) is 0 Å². The maximum absolute atomic E-state index is 6.24. The number of likely N-dealkylation sites (tertiary alicyclic amines) is 1. The number of hydrogen-bond acceptors (Lipinski definition) is 2. The summed E-state index contributed by atoms with van der Waals surface area (Å²) >= 11 is 0. The third-order valence-corrected chi connectivity index (χ3v) is 6.24. The van der Waals surface area contributed by atoms with Crippen LogP contribution in [0.25, 0.3) is 0 Å². The second kappa shape index (κ2) is 9.01. The van der Waals surface area contributed by atoms with Crippen LogP contribution in [0.5, 0.6) is 0 Å². The van der Waals surface area contributed by atoms with Crippen LogP contribution in [0.4, 0.5) is 0 Å². The Kier molecular flexibility index (Phi) is 6.74. The second-order valence-electron chi connectivity index (χ2n) is 8.07. The van der Waals surface area contributed by atoms with Crippen LogP contribution in [0, 0.1) is 5.92 Å². The minimum absolute atomic E-state index is 0.507. The van der Waals surface area contributed by atoms with Crippen molar-refractivity contribution in [3.8, 4) is 0 Å². The van der Waals surface area contributed by atoms with E-state index in [1.54, 1.807) is 0 Å². The lowest BCUT2D eigenvalue weighted by molar-refractivity contribution is -0.00932. The van der Waals surface area contributed by atoms with Crippen LogP contribution in [-0.2, 0) is 11.2 Å². The summed E-state index contributed by atoms with van der Waals surface area (Å²) in [5.74, 6) is 0.856. The largest absolute Gasteiger partial charge is 0.377 e. The average molecular weight is 330 g/mol. The summed E-state index contributed by atoms with van der Waals surface area (Å²) in [7, 11) is 0. The maximum Gasteiger partial charge on any atom is 0.0597 e. The molecule has 1 aromatic carbocycles. The molecule has 2 heteroatoms. The Morgan fingerprint density at radius 2 is 1.58 bits per heavy atom. The van der Waals surface area contributed by atoms with Gasteiger partial charge in [0.05, 0.1) is 12.7 Å². The number of ether oxygens (including phenoxy) is 1. The molecule has 0 bridgehead atoms. The van der Waals surface area contributed by atoms with Gasteiger partial charge in [0.15, 0.2) is 0 Å². The van der Waals surface area contributed by atoms with Crippen molar-refractivity contribution < 1.29 is 4.74 Å². The monoisotopic (exact) mass is 329 g/mol. The van der Waals surface area contributed by atoms with Gasteiger partial charge in [-0.2, -0.15) is 0 Å². The summed E-state index contributed by atoms with van der Waals surface area (Å²) in [6.45, 7) is 6.80. The van der Waals surface area contributed by atoms with E-state index < -0.39 is 0 Å². The van der Waals surface area contributed by atoms with Gasteiger partial charge in [0.1, 0.15) is 0 Å². The Morgan fingerprint density at radius 3 is 2.25 bits per heavy atom. The summed E-state index contributed by atoms with van der Waals surface area (Å²) < 4.78 is 6.24. The first-order chi connectivity index (χ1) is 11.7. The van der Waals surface area contributed by atoms with Gasteiger partial charge in [-0.05, 0) is 70.3 Å². The quantitative estimate of drug-likeness (QED) is 0.722. The fourth-order valence-corrected chi connectivity index (χ4v) is 4.69. The highest BCUT2D eigenvalue weighted by Crippen LogP contribution is 2.29. The maximum atomic E-state index is 6.24. The van der Waals surface area contributed by atoms with Gasteiger partial charge in [-0.25, -0.2) is 0 Å². The van der Waals surface area contributed by atoms with E-state index in [0.29, 0.717) is 6.10 Å². The van der Waals surface area contributed by atoms with Gasteiger partial charge >= 0.3 is 0 Å². The Balaban J connectivity index is 1.34. The van der Waals surface area contributed by atoms with Crippen molar-refractivity contribution in [3.63, 3.8) is 0 Å². The molecule has 134 valence electrons. The molecular formula is C22H35NO. The Hall–Kier alpha value is -0.860. The standard InChI is InChI=1S/C22H35NO/c1-18-7-6-8-19(2)23(18)15-16-24-22-13-11-21(12-14-22)17-20-9-4-3-5-10-20/h3-5,9-10,18-19,21-22H,6-8,11-17H2,1-2H3. The first-order valence-electron chi connectivity index (χ1n) is 10.1. The third kappa shape index (κ3) is 5.07. The molecule has 2 aliphatic rings. The molecule has 0 N–H and O–H groups in total. The van der Waals surface area contributed by atoms with E-state index in [1.165, 1.54) is 56.9 Å². The van der Waals surface area contributed by atoms with Gasteiger partial charge in [-0.15, -0.1) is 0 Å². The molecule has 1 aromatic rings. The van der Waals surface area contributed by atoms with Crippen molar-refractivity contribution in [2.75, 3.05) is 13.2 Å². The Morgan fingerprint density at radius 1 is 0.917 bits per heavy atom. The Labute approximate surface area is 148 Å². The molecule has 0 radical (unpaired) electrons. The molecule has 2 unspecified atom stereocenters. The van der Waals surface area contributed by atoms with Crippen molar-refractivity contribution in [2.45, 2.75) is 83.4 Å². The molecule has 3 rings (SSSR count). The number of nitrogens with zero attached hydrogens (tertiary/aromatic N) is 1. The molecule has 1 saturated carbocycles. The van der Waals surface area contributed by atoms with E-state index in [-0.39, 0.29) is 0 Å². The molecule has 1 aliphatic carbocycles. The van der Waals surface area contributed by atoms with Crippen LogP contribution in [0.15, 0.2) is 30.3 Å². The lowest BCUT2D eigenvalue weighted by Gasteiger charge is -2.39. The third-order valence-electron chi connectivity index (χ3n) is 6.24. The SMILES string of the molecule is CC1CCCC(C)N1CCOC1CCC(Cc2ccccc2)CC1.